The Morgan fingerprint density at radius 2 is 2.26 bits per heavy atom. The zero-order valence-corrected chi connectivity index (χ0v) is 11.7. The van der Waals surface area contributed by atoms with Crippen molar-refractivity contribution < 1.29 is 9.53 Å². The van der Waals surface area contributed by atoms with Gasteiger partial charge >= 0.3 is 0 Å². The summed E-state index contributed by atoms with van der Waals surface area (Å²) in [6.45, 7) is 1.08. The number of methoxy groups -OCH3 is 1. The number of hydrogen-bond donors (Lipinski definition) is 0. The van der Waals surface area contributed by atoms with Gasteiger partial charge in [0.15, 0.2) is 0 Å². The van der Waals surface area contributed by atoms with E-state index in [2.05, 4.69) is 24.1 Å². The molecule has 1 saturated heterocycles. The standard InChI is InChI=1S/C16H21NO2/c1-17-7-6-16(10-13(17)9-14(18)11-16)12-4-3-5-15(8-12)19-2/h3-5,8,13H,6-7,9-11H2,1-2H3/t13-,16-/m1/s1. The number of piperidine rings is 1. The Bertz CT molecular complexity index is 499. The fourth-order valence-electron chi connectivity index (χ4n) is 3.70. The first-order valence-corrected chi connectivity index (χ1v) is 6.99. The lowest BCUT2D eigenvalue weighted by Crippen LogP contribution is -2.52. The lowest BCUT2D eigenvalue weighted by Gasteiger charge is -2.49. The molecule has 2 fully saturated rings. The number of Topliss-reactive ketones (excluding diaryl/α,β-unsaturated/α-hetero) is 1. The van der Waals surface area contributed by atoms with Crippen molar-refractivity contribution in [1.82, 2.24) is 4.90 Å². The summed E-state index contributed by atoms with van der Waals surface area (Å²) in [5.41, 5.74) is 1.32. The number of nitrogens with zero attached hydrogens (tertiary/aromatic N) is 1. The van der Waals surface area contributed by atoms with Gasteiger partial charge < -0.3 is 9.64 Å². The summed E-state index contributed by atoms with van der Waals surface area (Å²) >= 11 is 0. The molecule has 0 unspecified atom stereocenters. The minimum Gasteiger partial charge on any atom is -0.497 e. The van der Waals surface area contributed by atoms with Crippen LogP contribution in [0, 0.1) is 0 Å². The Balaban J connectivity index is 1.98. The van der Waals surface area contributed by atoms with Gasteiger partial charge in [-0.05, 0) is 44.1 Å². The van der Waals surface area contributed by atoms with Crippen LogP contribution in [-0.4, -0.2) is 37.4 Å². The number of ketones is 1. The van der Waals surface area contributed by atoms with Gasteiger partial charge in [0, 0.05) is 24.3 Å². The maximum Gasteiger partial charge on any atom is 0.135 e. The zero-order chi connectivity index (χ0) is 13.5. The topological polar surface area (TPSA) is 29.5 Å². The van der Waals surface area contributed by atoms with E-state index < -0.39 is 0 Å². The van der Waals surface area contributed by atoms with Gasteiger partial charge in [-0.15, -0.1) is 0 Å². The third-order valence-corrected chi connectivity index (χ3v) is 4.87. The van der Waals surface area contributed by atoms with Crippen molar-refractivity contribution in [3.05, 3.63) is 29.8 Å². The van der Waals surface area contributed by atoms with Gasteiger partial charge in [-0.3, -0.25) is 4.79 Å². The SMILES string of the molecule is COc1cccc([C@@]23CCN(C)[C@H](CC(=O)C2)C3)c1. The largest absolute Gasteiger partial charge is 0.497 e. The van der Waals surface area contributed by atoms with E-state index in [9.17, 15) is 4.79 Å². The van der Waals surface area contributed by atoms with Gasteiger partial charge in [-0.25, -0.2) is 0 Å². The maximum atomic E-state index is 12.1. The van der Waals surface area contributed by atoms with Crippen LogP contribution in [0.4, 0.5) is 0 Å². The third kappa shape index (κ3) is 2.16. The molecule has 3 nitrogen and oxygen atoms in total. The lowest BCUT2D eigenvalue weighted by atomic mass is 9.63. The summed E-state index contributed by atoms with van der Waals surface area (Å²) in [7, 11) is 3.83. The highest BCUT2D eigenvalue weighted by Crippen LogP contribution is 2.45. The van der Waals surface area contributed by atoms with Gasteiger partial charge in [-0.2, -0.15) is 0 Å². The van der Waals surface area contributed by atoms with Crippen LogP contribution < -0.4 is 4.74 Å². The van der Waals surface area contributed by atoms with E-state index in [1.165, 1.54) is 5.56 Å². The van der Waals surface area contributed by atoms with E-state index >= 15 is 0 Å². The molecule has 2 aliphatic rings. The monoisotopic (exact) mass is 259 g/mol. The van der Waals surface area contributed by atoms with E-state index in [0.29, 0.717) is 18.2 Å². The van der Waals surface area contributed by atoms with Crippen molar-refractivity contribution in [2.45, 2.75) is 37.1 Å². The molecule has 102 valence electrons. The molecule has 0 amide bonds. The highest BCUT2D eigenvalue weighted by molar-refractivity contribution is 5.82. The fraction of sp³-hybridized carbons (Fsp3) is 0.562. The first kappa shape index (κ1) is 12.7. The number of ether oxygens (including phenoxy) is 1. The molecule has 0 N–H and O–H groups in total. The third-order valence-electron chi connectivity index (χ3n) is 4.87. The number of likely N-dealkylation sites (tertiary alicyclic amines) is 1. The second-order valence-corrected chi connectivity index (χ2v) is 6.02. The normalized spacial score (nSPS) is 31.3. The Morgan fingerprint density at radius 1 is 1.42 bits per heavy atom. The molecule has 0 radical (unpaired) electrons. The summed E-state index contributed by atoms with van der Waals surface area (Å²) < 4.78 is 5.33. The van der Waals surface area contributed by atoms with Crippen LogP contribution in [0.3, 0.4) is 0 Å². The molecule has 3 rings (SSSR count). The van der Waals surface area contributed by atoms with Gasteiger partial charge in [0.25, 0.3) is 0 Å². The van der Waals surface area contributed by atoms with Crippen LogP contribution in [-0.2, 0) is 10.2 Å². The van der Waals surface area contributed by atoms with Gasteiger partial charge in [0.2, 0.25) is 0 Å². The Hall–Kier alpha value is -1.35. The number of fused-ring (bicyclic) bond motifs is 2. The van der Waals surface area contributed by atoms with Crippen LogP contribution in [0.5, 0.6) is 5.75 Å². The molecule has 2 bridgehead atoms. The predicted octanol–water partition coefficient (Wildman–Crippen LogP) is 2.39. The number of hydrogen-bond acceptors (Lipinski definition) is 3. The molecule has 1 aromatic carbocycles. The number of carbonyl (C=O) groups excluding carboxylic acids is 1. The first-order chi connectivity index (χ1) is 9.13. The average Bonchev–Trinajstić information content (AvgIpc) is 2.43. The fourth-order valence-corrected chi connectivity index (χ4v) is 3.70. The van der Waals surface area contributed by atoms with Crippen LogP contribution in [0.25, 0.3) is 0 Å². The number of benzene rings is 1. The van der Waals surface area contributed by atoms with Crippen molar-refractivity contribution >= 4 is 5.78 Å². The molecule has 1 heterocycles. The Kier molecular flexibility index (Phi) is 3.09. The van der Waals surface area contributed by atoms with Crippen molar-refractivity contribution in [2.24, 2.45) is 0 Å². The van der Waals surface area contributed by atoms with Gasteiger partial charge in [0.1, 0.15) is 11.5 Å². The van der Waals surface area contributed by atoms with Crippen LogP contribution >= 0.6 is 0 Å². The van der Waals surface area contributed by atoms with Gasteiger partial charge in [-0.1, -0.05) is 12.1 Å². The van der Waals surface area contributed by atoms with Crippen LogP contribution in [0.1, 0.15) is 31.2 Å². The lowest BCUT2D eigenvalue weighted by molar-refractivity contribution is -0.126. The maximum absolute atomic E-state index is 12.1. The van der Waals surface area contributed by atoms with Crippen molar-refractivity contribution in [3.63, 3.8) is 0 Å². The smallest absolute Gasteiger partial charge is 0.135 e. The molecule has 3 heteroatoms. The number of rotatable bonds is 2. The zero-order valence-electron chi connectivity index (χ0n) is 11.7. The minimum atomic E-state index is 0.0427. The molecule has 1 saturated carbocycles. The van der Waals surface area contributed by atoms with E-state index in [0.717, 1.165) is 31.6 Å². The summed E-state index contributed by atoms with van der Waals surface area (Å²) in [4.78, 5) is 14.4. The Labute approximate surface area is 114 Å². The average molecular weight is 259 g/mol. The molecule has 0 aromatic heterocycles. The molecule has 1 aliphatic heterocycles. The van der Waals surface area contributed by atoms with Crippen molar-refractivity contribution in [2.75, 3.05) is 20.7 Å². The summed E-state index contributed by atoms with van der Waals surface area (Å²) in [5, 5.41) is 0. The molecule has 2 atom stereocenters. The predicted molar refractivity (Wildman–Crippen MR) is 74.6 cm³/mol. The molecule has 19 heavy (non-hydrogen) atoms. The Morgan fingerprint density at radius 3 is 3.05 bits per heavy atom. The minimum absolute atomic E-state index is 0.0427. The molecular weight excluding hydrogens is 238 g/mol. The van der Waals surface area contributed by atoms with Crippen molar-refractivity contribution in [3.8, 4) is 5.75 Å². The molecular formula is C16H21NO2. The summed E-state index contributed by atoms with van der Waals surface area (Å²) in [5.74, 6) is 1.30. The van der Waals surface area contributed by atoms with E-state index in [1.54, 1.807) is 7.11 Å². The van der Waals surface area contributed by atoms with Crippen LogP contribution in [0.15, 0.2) is 24.3 Å². The second-order valence-electron chi connectivity index (χ2n) is 6.02. The van der Waals surface area contributed by atoms with Crippen molar-refractivity contribution in [1.29, 1.82) is 0 Å². The first-order valence-electron chi connectivity index (χ1n) is 6.99. The highest BCUT2D eigenvalue weighted by atomic mass is 16.5. The van der Waals surface area contributed by atoms with E-state index in [-0.39, 0.29) is 5.41 Å². The summed E-state index contributed by atoms with van der Waals surface area (Å²) in [6, 6.07) is 8.69. The quantitative estimate of drug-likeness (QED) is 0.816. The van der Waals surface area contributed by atoms with E-state index in [1.807, 2.05) is 12.1 Å². The van der Waals surface area contributed by atoms with E-state index in [4.69, 9.17) is 4.74 Å². The molecule has 1 aliphatic carbocycles. The van der Waals surface area contributed by atoms with Crippen LogP contribution in [0.2, 0.25) is 0 Å². The second kappa shape index (κ2) is 4.64. The summed E-state index contributed by atoms with van der Waals surface area (Å²) in [6.07, 6.45) is 3.59. The molecule has 0 spiro atoms. The van der Waals surface area contributed by atoms with Gasteiger partial charge in [0.05, 0.1) is 7.11 Å². The number of carbonyl (C=O) groups is 1. The molecule has 1 aromatic rings. The highest BCUT2D eigenvalue weighted by Gasteiger charge is 2.45.